The van der Waals surface area contributed by atoms with Gasteiger partial charge in [0.25, 0.3) is 0 Å². The molecular formula is C13H21BrIN3O. The van der Waals surface area contributed by atoms with Gasteiger partial charge in [0.15, 0.2) is 5.96 Å². The van der Waals surface area contributed by atoms with Crippen LogP contribution in [-0.2, 0) is 0 Å². The summed E-state index contributed by atoms with van der Waals surface area (Å²) in [6, 6.07) is 8.03. The van der Waals surface area contributed by atoms with E-state index >= 15 is 0 Å². The van der Waals surface area contributed by atoms with Gasteiger partial charge in [-0.05, 0) is 48.8 Å². The minimum atomic E-state index is -0.0313. The van der Waals surface area contributed by atoms with Gasteiger partial charge in [0, 0.05) is 6.04 Å². The van der Waals surface area contributed by atoms with Crippen molar-refractivity contribution < 1.29 is 4.74 Å². The molecule has 4 nitrogen and oxygen atoms in total. The van der Waals surface area contributed by atoms with Gasteiger partial charge in [0.1, 0.15) is 11.9 Å². The normalized spacial score (nSPS) is 12.8. The molecule has 0 fully saturated rings. The summed E-state index contributed by atoms with van der Waals surface area (Å²) < 4.78 is 6.70. The fraction of sp³-hybridized carbons (Fsp3) is 0.462. The monoisotopic (exact) mass is 441 g/mol. The molecule has 0 aliphatic carbocycles. The topological polar surface area (TPSA) is 59.6 Å². The number of nitrogens with zero attached hydrogens (tertiary/aromatic N) is 1. The maximum absolute atomic E-state index is 5.76. The van der Waals surface area contributed by atoms with Crippen molar-refractivity contribution in [2.75, 3.05) is 6.54 Å². The summed E-state index contributed by atoms with van der Waals surface area (Å²) in [5.41, 5.74) is 5.72. The van der Waals surface area contributed by atoms with Crippen LogP contribution in [0.2, 0.25) is 0 Å². The molecule has 6 heteroatoms. The molecule has 1 aromatic rings. The number of nitrogens with two attached hydrogens (primary N) is 1. The van der Waals surface area contributed by atoms with E-state index in [0.29, 0.717) is 12.5 Å². The van der Waals surface area contributed by atoms with Crippen molar-refractivity contribution in [3.05, 3.63) is 28.7 Å². The number of hydrogen-bond donors (Lipinski definition) is 2. The number of guanidine groups is 1. The molecule has 0 aromatic heterocycles. The first-order chi connectivity index (χ1) is 8.49. The maximum Gasteiger partial charge on any atom is 0.188 e. The van der Waals surface area contributed by atoms with E-state index in [1.54, 1.807) is 0 Å². The number of para-hydroxylation sites is 1. The van der Waals surface area contributed by atoms with E-state index in [9.17, 15) is 0 Å². The third-order valence-electron chi connectivity index (χ3n) is 2.12. The average molecular weight is 442 g/mol. The number of ether oxygens (including phenoxy) is 1. The smallest absolute Gasteiger partial charge is 0.188 e. The van der Waals surface area contributed by atoms with Crippen molar-refractivity contribution in [1.29, 1.82) is 0 Å². The van der Waals surface area contributed by atoms with Crippen molar-refractivity contribution in [3.63, 3.8) is 0 Å². The SMILES string of the molecule is CC(C)NC(N)=NCC(C)Oc1ccccc1Br.I. The van der Waals surface area contributed by atoms with Crippen LogP contribution in [0.5, 0.6) is 5.75 Å². The largest absolute Gasteiger partial charge is 0.488 e. The molecule has 0 saturated carbocycles. The minimum Gasteiger partial charge on any atom is -0.488 e. The maximum atomic E-state index is 5.76. The van der Waals surface area contributed by atoms with Gasteiger partial charge in [-0.25, -0.2) is 4.99 Å². The molecule has 0 spiro atoms. The van der Waals surface area contributed by atoms with E-state index in [0.717, 1.165) is 10.2 Å². The number of hydrogen-bond acceptors (Lipinski definition) is 2. The standard InChI is InChI=1S/C13H20BrN3O.HI/c1-9(2)17-13(15)16-8-10(3)18-12-7-5-4-6-11(12)14;/h4-7,9-10H,8H2,1-3H3,(H3,15,16,17);1H. The van der Waals surface area contributed by atoms with Gasteiger partial charge in [0.2, 0.25) is 0 Å². The third kappa shape index (κ3) is 7.61. The number of nitrogens with one attached hydrogen (secondary N) is 1. The molecule has 0 aliphatic heterocycles. The van der Waals surface area contributed by atoms with E-state index in [4.69, 9.17) is 10.5 Å². The quantitative estimate of drug-likeness (QED) is 0.419. The second-order valence-electron chi connectivity index (χ2n) is 4.38. The first-order valence-electron chi connectivity index (χ1n) is 5.96. The van der Waals surface area contributed by atoms with Crippen LogP contribution in [0, 0.1) is 0 Å². The van der Waals surface area contributed by atoms with E-state index in [1.807, 2.05) is 45.0 Å². The molecule has 108 valence electrons. The summed E-state index contributed by atoms with van der Waals surface area (Å²) >= 11 is 3.44. The lowest BCUT2D eigenvalue weighted by Crippen LogP contribution is -2.37. The van der Waals surface area contributed by atoms with Crippen molar-refractivity contribution in [1.82, 2.24) is 5.32 Å². The molecule has 1 unspecified atom stereocenters. The summed E-state index contributed by atoms with van der Waals surface area (Å²) in [5, 5.41) is 3.04. The predicted octanol–water partition coefficient (Wildman–Crippen LogP) is 3.15. The van der Waals surface area contributed by atoms with Crippen molar-refractivity contribution >= 4 is 45.9 Å². The molecular weight excluding hydrogens is 421 g/mol. The molecule has 0 bridgehead atoms. The van der Waals surface area contributed by atoms with Gasteiger partial charge in [-0.3, -0.25) is 0 Å². The van der Waals surface area contributed by atoms with Gasteiger partial charge < -0.3 is 15.8 Å². The Labute approximate surface area is 140 Å². The van der Waals surface area contributed by atoms with E-state index in [2.05, 4.69) is 26.2 Å². The van der Waals surface area contributed by atoms with Crippen LogP contribution >= 0.6 is 39.9 Å². The molecule has 0 aliphatic rings. The van der Waals surface area contributed by atoms with Crippen LogP contribution in [0.25, 0.3) is 0 Å². The molecule has 3 N–H and O–H groups in total. The number of benzene rings is 1. The molecule has 0 heterocycles. The van der Waals surface area contributed by atoms with Crippen LogP contribution in [0.15, 0.2) is 33.7 Å². The Morgan fingerprint density at radius 3 is 2.58 bits per heavy atom. The lowest BCUT2D eigenvalue weighted by Gasteiger charge is -2.15. The summed E-state index contributed by atoms with van der Waals surface area (Å²) in [5.74, 6) is 1.27. The van der Waals surface area contributed by atoms with Crippen LogP contribution in [0.4, 0.5) is 0 Å². The lowest BCUT2D eigenvalue weighted by atomic mass is 10.3. The lowest BCUT2D eigenvalue weighted by molar-refractivity contribution is 0.229. The molecule has 0 saturated heterocycles. The minimum absolute atomic E-state index is 0. The molecule has 1 atom stereocenters. The Morgan fingerprint density at radius 1 is 1.37 bits per heavy atom. The Hall–Kier alpha value is -0.500. The Balaban J connectivity index is 0.00000324. The number of rotatable bonds is 5. The average Bonchev–Trinajstić information content (AvgIpc) is 2.29. The fourth-order valence-electron chi connectivity index (χ4n) is 1.36. The molecule has 0 amide bonds. The first kappa shape index (κ1) is 18.5. The molecule has 1 rings (SSSR count). The number of aliphatic imine (C=N–C) groups is 1. The second kappa shape index (κ2) is 9.41. The van der Waals surface area contributed by atoms with Gasteiger partial charge in [-0.1, -0.05) is 12.1 Å². The zero-order valence-corrected chi connectivity index (χ0v) is 15.3. The highest BCUT2D eigenvalue weighted by Gasteiger charge is 2.06. The van der Waals surface area contributed by atoms with E-state index in [1.165, 1.54) is 0 Å². The third-order valence-corrected chi connectivity index (χ3v) is 2.78. The van der Waals surface area contributed by atoms with E-state index < -0.39 is 0 Å². The van der Waals surface area contributed by atoms with Crippen LogP contribution in [0.1, 0.15) is 20.8 Å². The summed E-state index contributed by atoms with van der Waals surface area (Å²) in [6.07, 6.45) is -0.0313. The highest BCUT2D eigenvalue weighted by Crippen LogP contribution is 2.24. The molecule has 1 aromatic carbocycles. The van der Waals surface area contributed by atoms with Gasteiger partial charge >= 0.3 is 0 Å². The van der Waals surface area contributed by atoms with E-state index in [-0.39, 0.29) is 36.1 Å². The highest BCUT2D eigenvalue weighted by molar-refractivity contribution is 14.0. The Kier molecular flexibility index (Phi) is 9.16. The number of halogens is 2. The zero-order valence-electron chi connectivity index (χ0n) is 11.4. The first-order valence-corrected chi connectivity index (χ1v) is 6.76. The fourth-order valence-corrected chi connectivity index (χ4v) is 1.74. The van der Waals surface area contributed by atoms with Gasteiger partial charge in [0.05, 0.1) is 11.0 Å². The predicted molar refractivity (Wildman–Crippen MR) is 94.4 cm³/mol. The Bertz CT molecular complexity index is 413. The molecule has 0 radical (unpaired) electrons. The summed E-state index contributed by atoms with van der Waals surface area (Å²) in [7, 11) is 0. The van der Waals surface area contributed by atoms with Crippen molar-refractivity contribution in [3.8, 4) is 5.75 Å². The second-order valence-corrected chi connectivity index (χ2v) is 5.24. The Morgan fingerprint density at radius 2 is 2.00 bits per heavy atom. The molecule has 19 heavy (non-hydrogen) atoms. The van der Waals surface area contributed by atoms with Crippen molar-refractivity contribution in [2.45, 2.75) is 32.9 Å². The summed E-state index contributed by atoms with van der Waals surface area (Å²) in [6.45, 7) is 6.52. The summed E-state index contributed by atoms with van der Waals surface area (Å²) in [4.78, 5) is 4.23. The van der Waals surface area contributed by atoms with Gasteiger partial charge in [-0.2, -0.15) is 0 Å². The van der Waals surface area contributed by atoms with Crippen LogP contribution in [0.3, 0.4) is 0 Å². The van der Waals surface area contributed by atoms with Crippen LogP contribution < -0.4 is 15.8 Å². The van der Waals surface area contributed by atoms with Crippen LogP contribution in [-0.4, -0.2) is 24.7 Å². The zero-order chi connectivity index (χ0) is 13.5. The van der Waals surface area contributed by atoms with Gasteiger partial charge in [-0.15, -0.1) is 24.0 Å². The highest BCUT2D eigenvalue weighted by atomic mass is 127. The van der Waals surface area contributed by atoms with Crippen molar-refractivity contribution in [2.24, 2.45) is 10.7 Å².